The van der Waals surface area contributed by atoms with Crippen LogP contribution in [0.4, 0.5) is 9.52 Å². The number of halogens is 1. The smallest absolute Gasteiger partial charge is 0.256 e. The van der Waals surface area contributed by atoms with Crippen LogP contribution in [0.5, 0.6) is 0 Å². The number of carbonyl (C=O) groups excluding carboxylic acids is 2. The highest BCUT2D eigenvalue weighted by Gasteiger charge is 2.38. The predicted octanol–water partition coefficient (Wildman–Crippen LogP) is 1.81. The Kier molecular flexibility index (Phi) is 5.12. The third-order valence-electron chi connectivity index (χ3n) is 4.59. The van der Waals surface area contributed by atoms with E-state index in [1.54, 1.807) is 11.4 Å². The van der Waals surface area contributed by atoms with E-state index in [1.165, 1.54) is 35.5 Å². The van der Waals surface area contributed by atoms with Gasteiger partial charge in [0, 0.05) is 24.3 Å². The zero-order chi connectivity index (χ0) is 21.5. The van der Waals surface area contributed by atoms with Crippen molar-refractivity contribution in [3.63, 3.8) is 0 Å². The van der Waals surface area contributed by atoms with Crippen LogP contribution in [-0.4, -0.2) is 57.9 Å². The highest BCUT2D eigenvalue weighted by atomic mass is 32.2. The van der Waals surface area contributed by atoms with Crippen molar-refractivity contribution in [3.8, 4) is 11.4 Å². The Labute approximate surface area is 175 Å². The van der Waals surface area contributed by atoms with Crippen molar-refractivity contribution in [2.24, 2.45) is 0 Å². The molecule has 0 saturated carbocycles. The second-order valence-electron chi connectivity index (χ2n) is 6.67. The Morgan fingerprint density at radius 2 is 2.03 bits per heavy atom. The molecule has 1 fully saturated rings. The number of nitrogens with one attached hydrogen (secondary N) is 1. The molecule has 1 aliphatic rings. The first kappa shape index (κ1) is 20.2. The Morgan fingerprint density at radius 3 is 2.67 bits per heavy atom. The number of thiazole rings is 1. The van der Waals surface area contributed by atoms with Crippen molar-refractivity contribution in [2.75, 3.05) is 18.1 Å². The van der Waals surface area contributed by atoms with E-state index in [0.29, 0.717) is 29.5 Å². The lowest BCUT2D eigenvalue weighted by molar-refractivity contribution is -0.123. The summed E-state index contributed by atoms with van der Waals surface area (Å²) in [5.41, 5.74) is 0.965. The van der Waals surface area contributed by atoms with Crippen molar-refractivity contribution in [2.45, 2.75) is 12.5 Å². The third-order valence-corrected chi connectivity index (χ3v) is 6.34. The van der Waals surface area contributed by atoms with Crippen LogP contribution in [0.25, 0.3) is 11.4 Å². The van der Waals surface area contributed by atoms with E-state index in [4.69, 9.17) is 0 Å². The van der Waals surface area contributed by atoms with Crippen LogP contribution >= 0.6 is 11.3 Å². The van der Waals surface area contributed by atoms with E-state index in [1.807, 2.05) is 0 Å². The number of likely N-dealkylation sites (tertiary alicyclic amines) is 1. The number of amides is 2. The van der Waals surface area contributed by atoms with E-state index in [0.717, 1.165) is 21.6 Å². The second-order valence-corrected chi connectivity index (χ2v) is 9.41. The van der Waals surface area contributed by atoms with Gasteiger partial charge in [0.1, 0.15) is 11.7 Å². The molecule has 0 radical (unpaired) electrons. The number of rotatable bonds is 5. The fourth-order valence-corrected chi connectivity index (χ4v) is 4.26. The molecule has 0 aliphatic carbocycles. The van der Waals surface area contributed by atoms with E-state index in [-0.39, 0.29) is 5.56 Å². The van der Waals surface area contributed by atoms with Crippen molar-refractivity contribution in [1.29, 1.82) is 0 Å². The Morgan fingerprint density at radius 1 is 1.23 bits per heavy atom. The maximum atomic E-state index is 13.3. The molecule has 12 heteroatoms. The van der Waals surface area contributed by atoms with Gasteiger partial charge in [0.05, 0.1) is 17.5 Å². The molecule has 2 amide bonds. The molecule has 3 aromatic rings. The van der Waals surface area contributed by atoms with Crippen LogP contribution in [0.15, 0.2) is 42.0 Å². The first-order valence-electron chi connectivity index (χ1n) is 8.81. The lowest BCUT2D eigenvalue weighted by Crippen LogP contribution is -2.56. The number of pyridine rings is 1. The van der Waals surface area contributed by atoms with Crippen LogP contribution in [-0.2, 0) is 14.8 Å². The molecule has 4 rings (SSSR count). The Balaban J connectivity index is 1.43. The topological polar surface area (TPSA) is 114 Å². The quantitative estimate of drug-likeness (QED) is 0.594. The predicted molar refractivity (Wildman–Crippen MR) is 108 cm³/mol. The summed E-state index contributed by atoms with van der Waals surface area (Å²) in [4.78, 5) is 34.6. The standard InChI is InChI=1S/C18H16FN5O4S2/c1-30(27,28)23-7-5-11(9-23)17(26)24-8-6-14(24)16(25)22-18-21-13(10-29-18)12-3-2-4-15(19)20-12/h2-5,7,9-10,14H,6,8H2,1H3,(H,21,22,25). The molecule has 0 bridgehead atoms. The molecule has 9 nitrogen and oxygen atoms in total. The van der Waals surface area contributed by atoms with Crippen LogP contribution in [0.1, 0.15) is 16.8 Å². The number of hydrogen-bond acceptors (Lipinski definition) is 7. The SMILES string of the molecule is CS(=O)(=O)n1ccc(C(=O)N2CCC2C(=O)Nc2nc(-c3cccc(F)n3)cs2)c1. The summed E-state index contributed by atoms with van der Waals surface area (Å²) < 4.78 is 37.4. The molecule has 30 heavy (non-hydrogen) atoms. The van der Waals surface area contributed by atoms with Gasteiger partial charge in [-0.2, -0.15) is 4.39 Å². The molecule has 4 heterocycles. The molecule has 0 aromatic carbocycles. The van der Waals surface area contributed by atoms with Crippen LogP contribution < -0.4 is 5.32 Å². The highest BCUT2D eigenvalue weighted by Crippen LogP contribution is 2.26. The van der Waals surface area contributed by atoms with E-state index in [2.05, 4.69) is 15.3 Å². The molecule has 1 N–H and O–H groups in total. The lowest BCUT2D eigenvalue weighted by atomic mass is 10.0. The van der Waals surface area contributed by atoms with Gasteiger partial charge < -0.3 is 10.2 Å². The summed E-state index contributed by atoms with van der Waals surface area (Å²) in [6.45, 7) is 0.386. The van der Waals surface area contributed by atoms with Gasteiger partial charge in [0.25, 0.3) is 5.91 Å². The normalized spacial score (nSPS) is 16.2. The summed E-state index contributed by atoms with van der Waals surface area (Å²) >= 11 is 1.16. The largest absolute Gasteiger partial charge is 0.326 e. The minimum Gasteiger partial charge on any atom is -0.326 e. The minimum atomic E-state index is -3.49. The molecular formula is C18H16FN5O4S2. The van der Waals surface area contributed by atoms with Crippen molar-refractivity contribution in [1.82, 2.24) is 18.8 Å². The monoisotopic (exact) mass is 449 g/mol. The van der Waals surface area contributed by atoms with Gasteiger partial charge in [0.2, 0.25) is 21.9 Å². The third kappa shape index (κ3) is 3.96. The molecular weight excluding hydrogens is 433 g/mol. The molecule has 156 valence electrons. The molecule has 1 saturated heterocycles. The fourth-order valence-electron chi connectivity index (χ4n) is 2.97. The van der Waals surface area contributed by atoms with Gasteiger partial charge >= 0.3 is 0 Å². The van der Waals surface area contributed by atoms with E-state index >= 15 is 0 Å². The Hall–Kier alpha value is -3.12. The summed E-state index contributed by atoms with van der Waals surface area (Å²) in [5, 5.41) is 4.62. The Bertz CT molecular complexity index is 1240. The summed E-state index contributed by atoms with van der Waals surface area (Å²) in [5.74, 6) is -1.45. The van der Waals surface area contributed by atoms with Crippen LogP contribution in [0.3, 0.4) is 0 Å². The first-order chi connectivity index (χ1) is 14.2. The van der Waals surface area contributed by atoms with E-state index in [9.17, 15) is 22.4 Å². The number of carbonyl (C=O) groups is 2. The van der Waals surface area contributed by atoms with E-state index < -0.39 is 33.8 Å². The van der Waals surface area contributed by atoms with Crippen molar-refractivity contribution < 1.29 is 22.4 Å². The van der Waals surface area contributed by atoms with Gasteiger partial charge in [-0.05, 0) is 24.6 Å². The van der Waals surface area contributed by atoms with Gasteiger partial charge in [-0.1, -0.05) is 6.07 Å². The molecule has 0 spiro atoms. The molecule has 1 aliphatic heterocycles. The average Bonchev–Trinajstić information content (AvgIpc) is 3.30. The van der Waals surface area contributed by atoms with Gasteiger partial charge in [-0.15, -0.1) is 11.3 Å². The van der Waals surface area contributed by atoms with Gasteiger partial charge in [-0.25, -0.2) is 18.4 Å². The average molecular weight is 449 g/mol. The fraction of sp³-hybridized carbons (Fsp3) is 0.222. The van der Waals surface area contributed by atoms with Crippen LogP contribution in [0, 0.1) is 5.95 Å². The zero-order valence-corrected chi connectivity index (χ0v) is 17.3. The zero-order valence-electron chi connectivity index (χ0n) is 15.6. The maximum absolute atomic E-state index is 13.3. The number of nitrogens with zero attached hydrogens (tertiary/aromatic N) is 4. The second kappa shape index (κ2) is 7.61. The maximum Gasteiger partial charge on any atom is 0.256 e. The summed E-state index contributed by atoms with van der Waals surface area (Å²) in [7, 11) is -3.49. The molecule has 1 atom stereocenters. The van der Waals surface area contributed by atoms with Gasteiger partial charge in [-0.3, -0.25) is 13.6 Å². The number of aromatic nitrogens is 3. The van der Waals surface area contributed by atoms with Crippen LogP contribution in [0.2, 0.25) is 0 Å². The summed E-state index contributed by atoms with van der Waals surface area (Å²) in [6, 6.07) is 5.07. The highest BCUT2D eigenvalue weighted by molar-refractivity contribution is 7.89. The van der Waals surface area contributed by atoms with Crippen molar-refractivity contribution >= 4 is 38.3 Å². The summed E-state index contributed by atoms with van der Waals surface area (Å²) in [6.07, 6.45) is 4.02. The first-order valence-corrected chi connectivity index (χ1v) is 11.5. The minimum absolute atomic E-state index is 0.187. The molecule has 3 aromatic heterocycles. The lowest BCUT2D eigenvalue weighted by Gasteiger charge is -2.39. The van der Waals surface area contributed by atoms with Gasteiger partial charge in [0.15, 0.2) is 5.13 Å². The van der Waals surface area contributed by atoms with Crippen molar-refractivity contribution in [3.05, 3.63) is 53.6 Å². The molecule has 1 unspecified atom stereocenters. The number of anilines is 1. The number of hydrogen-bond donors (Lipinski definition) is 1.